The molecule has 3 rings (SSSR count). The van der Waals surface area contributed by atoms with Crippen molar-refractivity contribution in [3.63, 3.8) is 0 Å². The normalized spacial score (nSPS) is 12.9. The van der Waals surface area contributed by atoms with E-state index in [1.54, 1.807) is 60.8 Å². The number of thiophene rings is 1. The van der Waals surface area contributed by atoms with E-state index in [0.29, 0.717) is 32.4 Å². The lowest BCUT2D eigenvalue weighted by Gasteiger charge is -2.17. The fourth-order valence-electron chi connectivity index (χ4n) is 3.17. The smallest absolute Gasteiger partial charge is 0.281 e. The van der Waals surface area contributed by atoms with Crippen molar-refractivity contribution in [1.82, 2.24) is 5.43 Å². The predicted molar refractivity (Wildman–Crippen MR) is 132 cm³/mol. The third kappa shape index (κ3) is 6.63. The number of carbonyl (C=O) groups excluding carboxylic acids is 1. The molecule has 2 aromatic carbocycles. The monoisotopic (exact) mass is 507 g/mol. The maximum atomic E-state index is 14.4. The highest BCUT2D eigenvalue weighted by molar-refractivity contribution is 7.92. The van der Waals surface area contributed by atoms with E-state index in [-0.39, 0.29) is 24.0 Å². The van der Waals surface area contributed by atoms with Crippen LogP contribution in [0.1, 0.15) is 47.0 Å². The van der Waals surface area contributed by atoms with E-state index >= 15 is 0 Å². The fraction of sp³-hybridized carbons (Fsp3) is 0.217. The fourth-order valence-corrected chi connectivity index (χ4v) is 4.77. The van der Waals surface area contributed by atoms with Gasteiger partial charge < -0.3 is 0 Å². The number of rotatable bonds is 9. The number of anilines is 1. The van der Waals surface area contributed by atoms with Crippen LogP contribution in [-0.4, -0.2) is 25.8 Å². The van der Waals surface area contributed by atoms with Gasteiger partial charge in [-0.25, -0.2) is 18.2 Å². The van der Waals surface area contributed by atoms with E-state index < -0.39 is 15.8 Å². The molecule has 1 unspecified atom stereocenters. The molecule has 10 heteroatoms. The van der Waals surface area contributed by atoms with Crippen LogP contribution in [-0.2, 0) is 10.0 Å². The maximum absolute atomic E-state index is 14.4. The summed E-state index contributed by atoms with van der Waals surface area (Å²) in [4.78, 5) is 12.9. The number of benzene rings is 2. The Morgan fingerprint density at radius 1 is 1.15 bits per heavy atom. The summed E-state index contributed by atoms with van der Waals surface area (Å²) in [6, 6.07) is 14.6. The third-order valence-corrected chi connectivity index (χ3v) is 7.41. The van der Waals surface area contributed by atoms with Gasteiger partial charge in [0, 0.05) is 16.3 Å². The molecule has 0 fully saturated rings. The zero-order chi connectivity index (χ0) is 24.0. The highest BCUT2D eigenvalue weighted by Crippen LogP contribution is 2.30. The van der Waals surface area contributed by atoms with E-state index in [1.807, 2.05) is 6.92 Å². The molecule has 0 bridgehead atoms. The van der Waals surface area contributed by atoms with Gasteiger partial charge in [0.05, 0.1) is 16.3 Å². The number of hydrogen-bond donors (Lipinski definition) is 2. The summed E-state index contributed by atoms with van der Waals surface area (Å²) in [5, 5.41) is 6.42. The molecule has 0 aliphatic heterocycles. The number of hydrogen-bond acceptors (Lipinski definition) is 5. The first kappa shape index (κ1) is 24.9. The molecule has 174 valence electrons. The highest BCUT2D eigenvalue weighted by Gasteiger charge is 2.19. The van der Waals surface area contributed by atoms with Crippen LogP contribution in [0, 0.1) is 5.82 Å². The number of halogens is 2. The van der Waals surface area contributed by atoms with Crippen LogP contribution in [0.5, 0.6) is 0 Å². The number of nitrogens with one attached hydrogen (secondary N) is 2. The van der Waals surface area contributed by atoms with Crippen LogP contribution in [0.2, 0.25) is 5.02 Å². The minimum Gasteiger partial charge on any atom is -0.284 e. The summed E-state index contributed by atoms with van der Waals surface area (Å²) in [6.07, 6.45) is 0.283. The SMILES string of the molecule is CCS(=O)(=O)Nc1ccc(C(CC(C)c2c(F)cccc2Cl)=NNC(=O)c2cccs2)cc1. The molecule has 0 radical (unpaired) electrons. The zero-order valence-electron chi connectivity index (χ0n) is 18.0. The molecule has 2 N–H and O–H groups in total. The Balaban J connectivity index is 1.89. The third-order valence-electron chi connectivity index (χ3n) is 4.90. The molecule has 1 amide bonds. The van der Waals surface area contributed by atoms with E-state index in [0.717, 1.165) is 0 Å². The van der Waals surface area contributed by atoms with Gasteiger partial charge in [-0.1, -0.05) is 42.8 Å². The number of sulfonamides is 1. The van der Waals surface area contributed by atoms with Gasteiger partial charge in [0.1, 0.15) is 5.82 Å². The first-order valence-electron chi connectivity index (χ1n) is 10.2. The molecule has 0 saturated carbocycles. The molecule has 0 aliphatic carbocycles. The van der Waals surface area contributed by atoms with Crippen LogP contribution in [0.25, 0.3) is 0 Å². The quantitative estimate of drug-likeness (QED) is 0.290. The first-order chi connectivity index (χ1) is 15.7. The van der Waals surface area contributed by atoms with E-state index in [4.69, 9.17) is 11.6 Å². The van der Waals surface area contributed by atoms with Crippen molar-refractivity contribution in [2.45, 2.75) is 26.2 Å². The molecule has 1 aromatic heterocycles. The average Bonchev–Trinajstić information content (AvgIpc) is 3.32. The minimum atomic E-state index is -3.41. The molecule has 1 heterocycles. The minimum absolute atomic E-state index is 0.0445. The highest BCUT2D eigenvalue weighted by atomic mass is 35.5. The summed E-state index contributed by atoms with van der Waals surface area (Å²) in [6.45, 7) is 3.37. The Morgan fingerprint density at radius 3 is 2.48 bits per heavy atom. The summed E-state index contributed by atoms with van der Waals surface area (Å²) in [5.41, 5.74) is 4.48. The second-order valence-corrected chi connectivity index (χ2v) is 10.7. The lowest BCUT2D eigenvalue weighted by Crippen LogP contribution is -2.20. The van der Waals surface area contributed by atoms with Crippen molar-refractivity contribution in [2.75, 3.05) is 10.5 Å². The topological polar surface area (TPSA) is 87.6 Å². The Hall–Kier alpha value is -2.75. The van der Waals surface area contributed by atoms with Gasteiger partial charge in [0.25, 0.3) is 5.91 Å². The largest absolute Gasteiger partial charge is 0.284 e. The van der Waals surface area contributed by atoms with E-state index in [2.05, 4.69) is 15.2 Å². The van der Waals surface area contributed by atoms with Gasteiger partial charge in [-0.3, -0.25) is 9.52 Å². The van der Waals surface area contributed by atoms with Crippen molar-refractivity contribution >= 4 is 50.3 Å². The second-order valence-electron chi connectivity index (χ2n) is 7.30. The van der Waals surface area contributed by atoms with Crippen molar-refractivity contribution in [3.05, 3.63) is 86.8 Å². The van der Waals surface area contributed by atoms with Gasteiger partial charge in [0.2, 0.25) is 10.0 Å². The van der Waals surface area contributed by atoms with E-state index in [9.17, 15) is 17.6 Å². The number of carbonyl (C=O) groups is 1. The van der Waals surface area contributed by atoms with Crippen molar-refractivity contribution in [3.8, 4) is 0 Å². The molecule has 6 nitrogen and oxygen atoms in total. The second kappa shape index (κ2) is 10.9. The van der Waals surface area contributed by atoms with Crippen LogP contribution in [0.3, 0.4) is 0 Å². The zero-order valence-corrected chi connectivity index (χ0v) is 20.4. The lowest BCUT2D eigenvalue weighted by atomic mass is 9.92. The molecular formula is C23H23ClFN3O3S2. The van der Waals surface area contributed by atoms with Crippen LogP contribution in [0.15, 0.2) is 65.1 Å². The molecule has 0 saturated heterocycles. The number of amides is 1. The Morgan fingerprint density at radius 2 is 1.88 bits per heavy atom. The molecule has 1 atom stereocenters. The summed E-state index contributed by atoms with van der Waals surface area (Å²) < 4.78 is 40.5. The first-order valence-corrected chi connectivity index (χ1v) is 13.1. The van der Waals surface area contributed by atoms with Crippen LogP contribution >= 0.6 is 22.9 Å². The molecular weight excluding hydrogens is 485 g/mol. The maximum Gasteiger partial charge on any atom is 0.281 e. The van der Waals surface area contributed by atoms with Gasteiger partial charge in [-0.2, -0.15) is 5.10 Å². The summed E-state index contributed by atoms with van der Waals surface area (Å²) >= 11 is 7.52. The van der Waals surface area contributed by atoms with Gasteiger partial charge in [-0.05, 0) is 60.5 Å². The Labute approximate surface area is 201 Å². The van der Waals surface area contributed by atoms with Crippen molar-refractivity contribution in [1.29, 1.82) is 0 Å². The Kier molecular flexibility index (Phi) is 8.23. The van der Waals surface area contributed by atoms with Gasteiger partial charge >= 0.3 is 0 Å². The Bertz CT molecular complexity index is 1220. The van der Waals surface area contributed by atoms with Crippen LogP contribution in [0.4, 0.5) is 10.1 Å². The summed E-state index contributed by atoms with van der Waals surface area (Å²) in [5.74, 6) is -1.15. The van der Waals surface area contributed by atoms with Crippen molar-refractivity contribution in [2.24, 2.45) is 5.10 Å². The van der Waals surface area contributed by atoms with Crippen LogP contribution < -0.4 is 10.1 Å². The van der Waals surface area contributed by atoms with Crippen molar-refractivity contribution < 1.29 is 17.6 Å². The van der Waals surface area contributed by atoms with Gasteiger partial charge in [-0.15, -0.1) is 11.3 Å². The molecule has 0 spiro atoms. The molecule has 3 aromatic rings. The standard InChI is InChI=1S/C23H23ClFN3O3S2/c1-3-33(30,31)28-17-11-9-16(10-12-17)20(26-27-23(29)21-8-5-13-32-21)14-15(2)22-18(24)6-4-7-19(22)25/h4-13,15,28H,3,14H2,1-2H3,(H,27,29). The lowest BCUT2D eigenvalue weighted by molar-refractivity contribution is 0.0958. The summed E-state index contributed by atoms with van der Waals surface area (Å²) in [7, 11) is -3.41. The molecule has 0 aliphatic rings. The predicted octanol–water partition coefficient (Wildman–Crippen LogP) is 5.63. The number of nitrogens with zero attached hydrogens (tertiary/aromatic N) is 1. The van der Waals surface area contributed by atoms with E-state index in [1.165, 1.54) is 17.4 Å². The number of hydrazone groups is 1. The molecule has 33 heavy (non-hydrogen) atoms. The van der Waals surface area contributed by atoms with Gasteiger partial charge in [0.15, 0.2) is 0 Å². The average molecular weight is 508 g/mol.